The summed E-state index contributed by atoms with van der Waals surface area (Å²) in [6.07, 6.45) is 0. The van der Waals surface area contributed by atoms with Gasteiger partial charge in [-0.3, -0.25) is 0 Å². The van der Waals surface area contributed by atoms with Gasteiger partial charge in [0.15, 0.2) is 0 Å². The van der Waals surface area contributed by atoms with Crippen molar-refractivity contribution in [2.45, 2.75) is 13.0 Å². The molecule has 0 aliphatic rings. The number of phenolic OH excluding ortho intramolecular Hbond substituents is 1. The van der Waals surface area contributed by atoms with Gasteiger partial charge < -0.3 is 20.4 Å². The van der Waals surface area contributed by atoms with Crippen LogP contribution in [-0.2, 0) is 0 Å². The van der Waals surface area contributed by atoms with Gasteiger partial charge in [-0.25, -0.2) is 4.79 Å². The summed E-state index contributed by atoms with van der Waals surface area (Å²) < 4.78 is 0.871. The van der Waals surface area contributed by atoms with E-state index in [4.69, 9.17) is 0 Å². The molecule has 0 aliphatic carbocycles. The van der Waals surface area contributed by atoms with Gasteiger partial charge in [-0.1, -0.05) is 12.1 Å². The van der Waals surface area contributed by atoms with E-state index >= 15 is 0 Å². The van der Waals surface area contributed by atoms with Crippen LogP contribution in [0.15, 0.2) is 45.7 Å². The van der Waals surface area contributed by atoms with Crippen LogP contribution in [0.25, 0.3) is 11.0 Å². The predicted molar refractivity (Wildman–Crippen MR) is 86.8 cm³/mol. The molecule has 0 bridgehead atoms. The Morgan fingerprint density at radius 3 is 2.43 bits per heavy atom. The van der Waals surface area contributed by atoms with E-state index in [2.05, 4.69) is 31.2 Å². The minimum absolute atomic E-state index is 0.0602. The number of hydrogen-bond acceptors (Lipinski definition) is 3. The SMILES string of the molecule is CC(Nc1cc2[nH]c(=O)[nH]c2cc1Br)c1ccc(O)cc1. The fourth-order valence-corrected chi connectivity index (χ4v) is 2.70. The van der Waals surface area contributed by atoms with E-state index in [0.717, 1.165) is 26.8 Å². The molecule has 0 radical (unpaired) electrons. The summed E-state index contributed by atoms with van der Waals surface area (Å²) in [5.74, 6) is 0.249. The quantitative estimate of drug-likeness (QED) is 0.585. The maximum atomic E-state index is 11.3. The molecule has 0 aliphatic heterocycles. The van der Waals surface area contributed by atoms with Crippen LogP contribution in [0.5, 0.6) is 5.75 Å². The van der Waals surface area contributed by atoms with Crippen molar-refractivity contribution in [1.82, 2.24) is 9.97 Å². The number of aromatic nitrogens is 2. The molecule has 2 aromatic carbocycles. The Morgan fingerprint density at radius 1 is 1.14 bits per heavy atom. The van der Waals surface area contributed by atoms with Crippen molar-refractivity contribution in [2.24, 2.45) is 0 Å². The van der Waals surface area contributed by atoms with Gasteiger partial charge in [-0.2, -0.15) is 0 Å². The summed E-state index contributed by atoms with van der Waals surface area (Å²) in [6.45, 7) is 2.03. The number of rotatable bonds is 3. The van der Waals surface area contributed by atoms with Gasteiger partial charge in [0, 0.05) is 10.5 Å². The summed E-state index contributed by atoms with van der Waals surface area (Å²) in [4.78, 5) is 16.8. The summed E-state index contributed by atoms with van der Waals surface area (Å²) in [5, 5.41) is 12.7. The maximum absolute atomic E-state index is 11.3. The van der Waals surface area contributed by atoms with Crippen molar-refractivity contribution in [3.05, 3.63) is 56.9 Å². The van der Waals surface area contributed by atoms with Gasteiger partial charge in [0.2, 0.25) is 0 Å². The molecule has 0 amide bonds. The highest BCUT2D eigenvalue weighted by Gasteiger charge is 2.10. The number of fused-ring (bicyclic) bond motifs is 1. The first-order valence-corrected chi connectivity index (χ1v) is 7.29. The number of hydrogen-bond donors (Lipinski definition) is 4. The van der Waals surface area contributed by atoms with E-state index in [-0.39, 0.29) is 17.5 Å². The molecule has 1 heterocycles. The summed E-state index contributed by atoms with van der Waals surface area (Å²) in [5.41, 5.74) is 3.24. The zero-order chi connectivity index (χ0) is 15.0. The smallest absolute Gasteiger partial charge is 0.323 e. The first-order chi connectivity index (χ1) is 10.0. The van der Waals surface area contributed by atoms with E-state index in [0.29, 0.717) is 0 Å². The first-order valence-electron chi connectivity index (χ1n) is 6.50. The molecule has 6 heteroatoms. The van der Waals surface area contributed by atoms with Gasteiger partial charge in [0.25, 0.3) is 0 Å². The van der Waals surface area contributed by atoms with E-state index in [1.807, 2.05) is 31.2 Å². The van der Waals surface area contributed by atoms with Crippen LogP contribution < -0.4 is 11.0 Å². The molecule has 4 N–H and O–H groups in total. The Bertz CT molecular complexity index is 836. The lowest BCUT2D eigenvalue weighted by atomic mass is 10.1. The van der Waals surface area contributed by atoms with Crippen molar-refractivity contribution in [3.63, 3.8) is 0 Å². The van der Waals surface area contributed by atoms with Crippen LogP contribution in [0.1, 0.15) is 18.5 Å². The van der Waals surface area contributed by atoms with Gasteiger partial charge in [0.05, 0.1) is 16.7 Å². The number of halogens is 1. The zero-order valence-electron chi connectivity index (χ0n) is 11.3. The third-order valence-corrected chi connectivity index (χ3v) is 4.02. The number of anilines is 1. The summed E-state index contributed by atoms with van der Waals surface area (Å²) >= 11 is 3.50. The van der Waals surface area contributed by atoms with Crippen LogP contribution in [0.3, 0.4) is 0 Å². The predicted octanol–water partition coefficient (Wildman–Crippen LogP) is 3.50. The van der Waals surface area contributed by atoms with Crippen LogP contribution in [0.4, 0.5) is 5.69 Å². The van der Waals surface area contributed by atoms with Gasteiger partial charge in [-0.05, 0) is 52.7 Å². The molecule has 3 rings (SSSR count). The standard InChI is InChI=1S/C15H14BrN3O2/c1-8(9-2-4-10(20)5-3-9)17-12-7-14-13(6-11(12)16)18-15(21)19-14/h2-8,17,20H,1H3,(H2,18,19,21). The highest BCUT2D eigenvalue weighted by atomic mass is 79.9. The molecule has 0 saturated heterocycles. The second-order valence-electron chi connectivity index (χ2n) is 4.91. The second-order valence-corrected chi connectivity index (χ2v) is 5.77. The van der Waals surface area contributed by atoms with Gasteiger partial charge in [-0.15, -0.1) is 0 Å². The molecule has 108 valence electrons. The number of aromatic amines is 2. The number of H-pyrrole nitrogens is 2. The van der Waals surface area contributed by atoms with E-state index < -0.39 is 0 Å². The van der Waals surface area contributed by atoms with Crippen molar-refractivity contribution in [3.8, 4) is 5.75 Å². The molecule has 1 unspecified atom stereocenters. The largest absolute Gasteiger partial charge is 0.508 e. The van der Waals surface area contributed by atoms with Gasteiger partial charge >= 0.3 is 5.69 Å². The number of imidazole rings is 1. The zero-order valence-corrected chi connectivity index (χ0v) is 12.9. The molecule has 0 spiro atoms. The minimum atomic E-state index is -0.222. The van der Waals surface area contributed by atoms with Crippen LogP contribution >= 0.6 is 15.9 Å². The van der Waals surface area contributed by atoms with Crippen molar-refractivity contribution >= 4 is 32.7 Å². The Hall–Kier alpha value is -2.21. The Kier molecular flexibility index (Phi) is 3.47. The highest BCUT2D eigenvalue weighted by Crippen LogP contribution is 2.30. The van der Waals surface area contributed by atoms with Crippen LogP contribution in [0, 0.1) is 0 Å². The van der Waals surface area contributed by atoms with Crippen LogP contribution in [-0.4, -0.2) is 15.1 Å². The Balaban J connectivity index is 1.91. The third-order valence-electron chi connectivity index (χ3n) is 3.37. The van der Waals surface area contributed by atoms with Crippen molar-refractivity contribution < 1.29 is 5.11 Å². The van der Waals surface area contributed by atoms with E-state index in [1.54, 1.807) is 12.1 Å². The average Bonchev–Trinajstić information content (AvgIpc) is 2.79. The third kappa shape index (κ3) is 2.80. The van der Waals surface area contributed by atoms with Gasteiger partial charge in [0.1, 0.15) is 5.75 Å². The lowest BCUT2D eigenvalue weighted by Gasteiger charge is -2.17. The van der Waals surface area contributed by atoms with Crippen LogP contribution in [0.2, 0.25) is 0 Å². The number of benzene rings is 2. The topological polar surface area (TPSA) is 80.9 Å². The number of phenols is 1. The molecular weight excluding hydrogens is 334 g/mol. The molecule has 21 heavy (non-hydrogen) atoms. The summed E-state index contributed by atoms with van der Waals surface area (Å²) in [7, 11) is 0. The number of nitrogens with one attached hydrogen (secondary N) is 3. The second kappa shape index (κ2) is 5.29. The Labute approximate surface area is 129 Å². The molecule has 3 aromatic rings. The average molecular weight is 348 g/mol. The minimum Gasteiger partial charge on any atom is -0.508 e. The molecule has 0 fully saturated rings. The van der Waals surface area contributed by atoms with Crippen molar-refractivity contribution in [1.29, 1.82) is 0 Å². The molecule has 1 atom stereocenters. The Morgan fingerprint density at radius 2 is 1.76 bits per heavy atom. The monoisotopic (exact) mass is 347 g/mol. The highest BCUT2D eigenvalue weighted by molar-refractivity contribution is 9.10. The first kappa shape index (κ1) is 13.8. The molecule has 5 nitrogen and oxygen atoms in total. The number of aromatic hydroxyl groups is 1. The molecule has 1 aromatic heterocycles. The fraction of sp³-hybridized carbons (Fsp3) is 0.133. The maximum Gasteiger partial charge on any atom is 0.323 e. The fourth-order valence-electron chi connectivity index (χ4n) is 2.25. The normalized spacial score (nSPS) is 12.5. The summed E-state index contributed by atoms with van der Waals surface area (Å²) in [6, 6.07) is 10.9. The molecular formula is C15H14BrN3O2. The lowest BCUT2D eigenvalue weighted by Crippen LogP contribution is -2.06. The molecule has 0 saturated carbocycles. The van der Waals surface area contributed by atoms with E-state index in [1.165, 1.54) is 0 Å². The van der Waals surface area contributed by atoms with E-state index in [9.17, 15) is 9.90 Å². The van der Waals surface area contributed by atoms with Crippen molar-refractivity contribution in [2.75, 3.05) is 5.32 Å². The lowest BCUT2D eigenvalue weighted by molar-refractivity contribution is 0.475.